The Morgan fingerprint density at radius 1 is 1.33 bits per heavy atom. The van der Waals surface area contributed by atoms with E-state index in [1.165, 1.54) is 11.3 Å². The summed E-state index contributed by atoms with van der Waals surface area (Å²) in [5, 5.41) is 5.91. The van der Waals surface area contributed by atoms with Crippen LogP contribution in [0.25, 0.3) is 10.2 Å². The first-order chi connectivity index (χ1) is 8.74. The van der Waals surface area contributed by atoms with Crippen molar-refractivity contribution in [3.05, 3.63) is 45.9 Å². The van der Waals surface area contributed by atoms with Crippen LogP contribution < -0.4 is 5.56 Å². The Morgan fingerprint density at radius 2 is 2.17 bits per heavy atom. The summed E-state index contributed by atoms with van der Waals surface area (Å²) >= 11 is 1.50. The topological polar surface area (TPSA) is 73.9 Å². The molecule has 3 aromatic rings. The number of aromatic amines is 2. The van der Waals surface area contributed by atoms with Gasteiger partial charge in [0.2, 0.25) is 5.13 Å². The van der Waals surface area contributed by atoms with Crippen molar-refractivity contribution in [2.75, 3.05) is 0 Å². The van der Waals surface area contributed by atoms with Crippen LogP contribution in [0, 0.1) is 6.92 Å². The molecule has 0 atom stereocenters. The molecule has 0 fully saturated rings. The summed E-state index contributed by atoms with van der Waals surface area (Å²) < 4.78 is 1.09. The number of nitrogens with one attached hydrogen (secondary N) is 2. The van der Waals surface area contributed by atoms with Gasteiger partial charge < -0.3 is 5.10 Å². The maximum absolute atomic E-state index is 11.4. The Morgan fingerprint density at radius 3 is 2.89 bits per heavy atom. The number of rotatable bonds is 2. The number of aliphatic imine (C=N–C) groups is 1. The number of fused-ring (bicyclic) bond motifs is 1. The predicted molar refractivity (Wildman–Crippen MR) is 73.0 cm³/mol. The average Bonchev–Trinajstić information content (AvgIpc) is 2.91. The van der Waals surface area contributed by atoms with Gasteiger partial charge in [-0.05, 0) is 19.1 Å². The first-order valence-electron chi connectivity index (χ1n) is 5.41. The molecule has 2 N–H and O–H groups in total. The van der Waals surface area contributed by atoms with Gasteiger partial charge in [0.1, 0.15) is 0 Å². The van der Waals surface area contributed by atoms with Gasteiger partial charge in [-0.25, -0.2) is 9.98 Å². The summed E-state index contributed by atoms with van der Waals surface area (Å²) in [6.45, 7) is 1.82. The highest BCUT2D eigenvalue weighted by Crippen LogP contribution is 2.27. The molecule has 90 valence electrons. The number of nitrogens with zero attached hydrogens (tertiary/aromatic N) is 2. The van der Waals surface area contributed by atoms with Gasteiger partial charge in [0.25, 0.3) is 5.56 Å². The normalized spacial score (nSPS) is 11.6. The molecule has 0 aliphatic heterocycles. The van der Waals surface area contributed by atoms with E-state index >= 15 is 0 Å². The van der Waals surface area contributed by atoms with E-state index in [9.17, 15) is 4.79 Å². The van der Waals surface area contributed by atoms with Crippen LogP contribution in [0.2, 0.25) is 0 Å². The molecule has 6 heteroatoms. The Balaban J connectivity index is 1.99. The lowest BCUT2D eigenvalue weighted by Crippen LogP contribution is -2.04. The summed E-state index contributed by atoms with van der Waals surface area (Å²) in [4.78, 5) is 20.1. The van der Waals surface area contributed by atoms with Gasteiger partial charge in [-0.1, -0.05) is 23.5 Å². The molecule has 0 spiro atoms. The van der Waals surface area contributed by atoms with Crippen LogP contribution in [-0.4, -0.2) is 21.4 Å². The minimum atomic E-state index is -0.169. The third-order valence-corrected chi connectivity index (χ3v) is 3.54. The van der Waals surface area contributed by atoms with Gasteiger partial charge in [0, 0.05) is 11.9 Å². The van der Waals surface area contributed by atoms with Crippen molar-refractivity contribution in [3.63, 3.8) is 0 Å². The summed E-state index contributed by atoms with van der Waals surface area (Å²) in [5.74, 6) is 0. The summed E-state index contributed by atoms with van der Waals surface area (Å²) in [6.07, 6.45) is 1.54. The fraction of sp³-hybridized carbons (Fsp3) is 0.0833. The van der Waals surface area contributed by atoms with E-state index in [2.05, 4.69) is 20.2 Å². The van der Waals surface area contributed by atoms with E-state index in [1.54, 1.807) is 6.21 Å². The molecule has 0 radical (unpaired) electrons. The molecule has 2 heterocycles. The van der Waals surface area contributed by atoms with Crippen LogP contribution in [-0.2, 0) is 0 Å². The van der Waals surface area contributed by atoms with Gasteiger partial charge in [-0.3, -0.25) is 9.89 Å². The molecule has 1 aromatic carbocycles. The van der Waals surface area contributed by atoms with E-state index < -0.39 is 0 Å². The van der Waals surface area contributed by atoms with Crippen LogP contribution >= 0.6 is 11.3 Å². The summed E-state index contributed by atoms with van der Waals surface area (Å²) in [6, 6.07) is 7.85. The fourth-order valence-electron chi connectivity index (χ4n) is 1.65. The van der Waals surface area contributed by atoms with Crippen molar-refractivity contribution < 1.29 is 0 Å². The van der Waals surface area contributed by atoms with E-state index in [0.717, 1.165) is 15.9 Å². The van der Waals surface area contributed by atoms with E-state index in [-0.39, 0.29) is 5.56 Å². The van der Waals surface area contributed by atoms with Gasteiger partial charge in [-0.2, -0.15) is 0 Å². The molecule has 0 unspecified atom stereocenters. The summed E-state index contributed by atoms with van der Waals surface area (Å²) in [5.41, 5.74) is 2.06. The molecule has 18 heavy (non-hydrogen) atoms. The Bertz CT molecular complexity index is 748. The molecule has 0 saturated heterocycles. The van der Waals surface area contributed by atoms with E-state index in [4.69, 9.17) is 0 Å². The molecule has 0 amide bonds. The average molecular weight is 258 g/mol. The largest absolute Gasteiger partial charge is 0.302 e. The van der Waals surface area contributed by atoms with Gasteiger partial charge >= 0.3 is 0 Å². The van der Waals surface area contributed by atoms with E-state index in [0.29, 0.717) is 10.7 Å². The quantitative estimate of drug-likeness (QED) is 0.692. The van der Waals surface area contributed by atoms with Crippen molar-refractivity contribution >= 4 is 32.9 Å². The Labute approximate surface area is 106 Å². The van der Waals surface area contributed by atoms with Crippen LogP contribution in [0.15, 0.2) is 34.1 Å². The molecule has 0 saturated carbocycles. The van der Waals surface area contributed by atoms with Crippen LogP contribution in [0.1, 0.15) is 11.3 Å². The lowest BCUT2D eigenvalue weighted by Gasteiger charge is -1.85. The van der Waals surface area contributed by atoms with Gasteiger partial charge in [-0.15, -0.1) is 0 Å². The standard InChI is InChI=1S/C12H10N4OS/c1-7-8(11(17)16-15-7)6-13-12-14-9-4-2-3-5-10(9)18-12/h2-6H,1H3,(H2,15,16,17)/b13-6+. The first-order valence-corrected chi connectivity index (χ1v) is 6.22. The smallest absolute Gasteiger partial charge is 0.272 e. The van der Waals surface area contributed by atoms with Crippen molar-refractivity contribution in [2.45, 2.75) is 6.92 Å². The van der Waals surface area contributed by atoms with Crippen molar-refractivity contribution in [1.29, 1.82) is 0 Å². The Kier molecular flexibility index (Phi) is 2.56. The highest BCUT2D eigenvalue weighted by atomic mass is 32.1. The van der Waals surface area contributed by atoms with Crippen molar-refractivity contribution in [2.24, 2.45) is 4.99 Å². The van der Waals surface area contributed by atoms with Gasteiger partial charge in [0.05, 0.1) is 15.8 Å². The maximum Gasteiger partial charge on any atom is 0.272 e. The third kappa shape index (κ3) is 1.86. The molecule has 3 rings (SSSR count). The zero-order valence-electron chi connectivity index (χ0n) is 9.60. The second-order valence-electron chi connectivity index (χ2n) is 3.84. The molecule has 5 nitrogen and oxygen atoms in total. The molecule has 0 aliphatic rings. The lowest BCUT2D eigenvalue weighted by molar-refractivity contribution is 1.02. The van der Waals surface area contributed by atoms with Gasteiger partial charge in [0.15, 0.2) is 0 Å². The van der Waals surface area contributed by atoms with Crippen molar-refractivity contribution in [3.8, 4) is 0 Å². The number of H-pyrrole nitrogens is 2. The number of thiazole rings is 1. The third-order valence-electron chi connectivity index (χ3n) is 2.60. The highest BCUT2D eigenvalue weighted by molar-refractivity contribution is 7.22. The number of para-hydroxylation sites is 1. The second kappa shape index (κ2) is 4.23. The summed E-state index contributed by atoms with van der Waals surface area (Å²) in [7, 11) is 0. The zero-order valence-corrected chi connectivity index (χ0v) is 10.4. The number of hydrogen-bond donors (Lipinski definition) is 2. The van der Waals surface area contributed by atoms with E-state index in [1.807, 2.05) is 31.2 Å². The highest BCUT2D eigenvalue weighted by Gasteiger charge is 2.04. The second-order valence-corrected chi connectivity index (χ2v) is 4.85. The number of benzene rings is 1. The van der Waals surface area contributed by atoms with Crippen molar-refractivity contribution in [1.82, 2.24) is 15.2 Å². The predicted octanol–water partition coefficient (Wildman–Crippen LogP) is 2.37. The molecule has 0 bridgehead atoms. The SMILES string of the molecule is Cc1[nH][nH]c(=O)c1/C=N/c1nc2ccccc2s1. The monoisotopic (exact) mass is 258 g/mol. The number of aromatic nitrogens is 3. The molecular weight excluding hydrogens is 248 g/mol. The van der Waals surface area contributed by atoms with Crippen LogP contribution in [0.3, 0.4) is 0 Å². The van der Waals surface area contributed by atoms with Crippen LogP contribution in [0.4, 0.5) is 5.13 Å². The fourth-order valence-corrected chi connectivity index (χ4v) is 2.46. The first kappa shape index (κ1) is 10.9. The maximum atomic E-state index is 11.4. The number of aryl methyl sites for hydroxylation is 1. The van der Waals surface area contributed by atoms with Crippen LogP contribution in [0.5, 0.6) is 0 Å². The molecule has 2 aromatic heterocycles. The minimum Gasteiger partial charge on any atom is -0.302 e. The lowest BCUT2D eigenvalue weighted by atomic mass is 10.3. The Hall–Kier alpha value is -2.21. The number of hydrogen-bond acceptors (Lipinski definition) is 4. The minimum absolute atomic E-state index is 0.169. The zero-order chi connectivity index (χ0) is 12.5. The molecule has 0 aliphatic carbocycles. The molecular formula is C12H10N4OS.